The van der Waals surface area contributed by atoms with Crippen molar-refractivity contribution in [2.24, 2.45) is 10.2 Å². The van der Waals surface area contributed by atoms with Gasteiger partial charge in [-0.15, -0.1) is 0 Å². The molecule has 1 fully saturated rings. The third-order valence-corrected chi connectivity index (χ3v) is 2.14. The fraction of sp³-hybridized carbons (Fsp3) is 0.400. The summed E-state index contributed by atoms with van der Waals surface area (Å²) in [5.41, 5.74) is 1.11. The van der Waals surface area contributed by atoms with Crippen molar-refractivity contribution in [2.75, 3.05) is 0 Å². The van der Waals surface area contributed by atoms with Crippen LogP contribution >= 0.6 is 0 Å². The van der Waals surface area contributed by atoms with Gasteiger partial charge in [-0.1, -0.05) is 18.2 Å². The van der Waals surface area contributed by atoms with Crippen molar-refractivity contribution >= 4 is 5.69 Å². The average Bonchev–Trinajstić information content (AvgIpc) is 2.84. The third kappa shape index (κ3) is 1.70. The minimum absolute atomic E-state index is 0.163. The molecule has 0 heterocycles. The van der Waals surface area contributed by atoms with Crippen LogP contribution in [0.1, 0.15) is 19.8 Å². The molecule has 0 aliphatic heterocycles. The number of hydrogen-bond acceptors (Lipinski definition) is 2. The van der Waals surface area contributed by atoms with Crippen LogP contribution in [0, 0.1) is 0 Å². The van der Waals surface area contributed by atoms with Crippen molar-refractivity contribution in [3.8, 4) is 0 Å². The zero-order chi connectivity index (χ0) is 8.44. The summed E-state index contributed by atoms with van der Waals surface area (Å²) in [7, 11) is 0. The van der Waals surface area contributed by atoms with Gasteiger partial charge in [-0.2, -0.15) is 10.2 Å². The molecule has 0 spiro atoms. The summed E-state index contributed by atoms with van der Waals surface area (Å²) in [5.74, 6) is 0. The molecule has 0 atom stereocenters. The van der Waals surface area contributed by atoms with Crippen molar-refractivity contribution in [1.29, 1.82) is 0 Å². The van der Waals surface area contributed by atoms with Crippen molar-refractivity contribution in [1.82, 2.24) is 0 Å². The molecule has 62 valence electrons. The van der Waals surface area contributed by atoms with Gasteiger partial charge in [0.15, 0.2) is 0 Å². The Morgan fingerprint density at radius 1 is 1.17 bits per heavy atom. The van der Waals surface area contributed by atoms with Crippen LogP contribution in [0.25, 0.3) is 0 Å². The number of azo groups is 1. The van der Waals surface area contributed by atoms with Crippen LogP contribution in [0.3, 0.4) is 0 Å². The lowest BCUT2D eigenvalue weighted by Gasteiger charge is -1.96. The van der Waals surface area contributed by atoms with E-state index < -0.39 is 0 Å². The third-order valence-electron chi connectivity index (χ3n) is 2.14. The predicted octanol–water partition coefficient (Wildman–Crippen LogP) is 3.32. The van der Waals surface area contributed by atoms with Crippen molar-refractivity contribution in [3.63, 3.8) is 0 Å². The Kier molecular flexibility index (Phi) is 1.68. The standard InChI is InChI=1S/C10H12N2/c1-10(7-8-10)12-11-9-5-3-2-4-6-9/h2-6H,7-8H2,1H3. The molecule has 2 rings (SSSR count). The zero-order valence-electron chi connectivity index (χ0n) is 7.20. The van der Waals surface area contributed by atoms with E-state index in [9.17, 15) is 0 Å². The molecular weight excluding hydrogens is 148 g/mol. The lowest BCUT2D eigenvalue weighted by molar-refractivity contribution is 0.714. The highest BCUT2D eigenvalue weighted by molar-refractivity contribution is 5.34. The summed E-state index contributed by atoms with van der Waals surface area (Å²) >= 11 is 0. The van der Waals surface area contributed by atoms with Gasteiger partial charge in [0.05, 0.1) is 11.2 Å². The van der Waals surface area contributed by atoms with E-state index in [1.54, 1.807) is 0 Å². The van der Waals surface area contributed by atoms with Gasteiger partial charge >= 0.3 is 0 Å². The molecule has 0 N–H and O–H groups in total. The Labute approximate surface area is 72.3 Å². The minimum Gasteiger partial charge on any atom is -0.182 e. The highest BCUT2D eigenvalue weighted by atomic mass is 15.2. The summed E-state index contributed by atoms with van der Waals surface area (Å²) in [6, 6.07) is 9.87. The number of hydrogen-bond donors (Lipinski definition) is 0. The maximum absolute atomic E-state index is 4.26. The molecule has 1 saturated carbocycles. The number of rotatable bonds is 2. The number of benzene rings is 1. The van der Waals surface area contributed by atoms with Gasteiger partial charge in [-0.3, -0.25) is 0 Å². The van der Waals surface area contributed by atoms with Gasteiger partial charge in [0, 0.05) is 0 Å². The molecule has 0 saturated heterocycles. The smallest absolute Gasteiger partial charge is 0.0852 e. The highest BCUT2D eigenvalue weighted by Crippen LogP contribution is 2.39. The lowest BCUT2D eigenvalue weighted by Crippen LogP contribution is -1.91. The van der Waals surface area contributed by atoms with Crippen LogP contribution in [-0.4, -0.2) is 5.54 Å². The number of nitrogens with zero attached hydrogens (tertiary/aromatic N) is 2. The van der Waals surface area contributed by atoms with Crippen LogP contribution in [-0.2, 0) is 0 Å². The summed E-state index contributed by atoms with van der Waals surface area (Å²) in [6.45, 7) is 2.14. The second-order valence-electron chi connectivity index (χ2n) is 3.53. The Morgan fingerprint density at radius 2 is 1.83 bits per heavy atom. The molecule has 1 aromatic rings. The van der Waals surface area contributed by atoms with Gasteiger partial charge in [-0.25, -0.2) is 0 Å². The first-order valence-electron chi connectivity index (χ1n) is 4.27. The Morgan fingerprint density at radius 3 is 2.42 bits per heavy atom. The van der Waals surface area contributed by atoms with Crippen LogP contribution < -0.4 is 0 Å². The second kappa shape index (κ2) is 2.70. The topological polar surface area (TPSA) is 24.7 Å². The van der Waals surface area contributed by atoms with E-state index >= 15 is 0 Å². The Balaban J connectivity index is 2.08. The maximum atomic E-state index is 4.26. The van der Waals surface area contributed by atoms with Gasteiger partial charge in [0.25, 0.3) is 0 Å². The average molecular weight is 160 g/mol. The SMILES string of the molecule is CC1(N=Nc2ccccc2)CC1. The second-order valence-corrected chi connectivity index (χ2v) is 3.53. The van der Waals surface area contributed by atoms with E-state index in [0.717, 1.165) is 5.69 Å². The summed E-state index contributed by atoms with van der Waals surface area (Å²) in [6.07, 6.45) is 2.37. The van der Waals surface area contributed by atoms with Crippen LogP contribution in [0.5, 0.6) is 0 Å². The van der Waals surface area contributed by atoms with Gasteiger partial charge in [0.2, 0.25) is 0 Å². The molecule has 0 radical (unpaired) electrons. The maximum Gasteiger partial charge on any atom is 0.0852 e. The lowest BCUT2D eigenvalue weighted by atomic mass is 10.3. The zero-order valence-corrected chi connectivity index (χ0v) is 7.20. The quantitative estimate of drug-likeness (QED) is 0.593. The van der Waals surface area contributed by atoms with Gasteiger partial charge < -0.3 is 0 Å². The first-order valence-corrected chi connectivity index (χ1v) is 4.27. The summed E-state index contributed by atoms with van der Waals surface area (Å²) in [4.78, 5) is 0. The molecule has 1 aliphatic rings. The van der Waals surface area contributed by atoms with E-state index in [2.05, 4.69) is 17.2 Å². The van der Waals surface area contributed by atoms with Crippen molar-refractivity contribution < 1.29 is 0 Å². The van der Waals surface area contributed by atoms with Gasteiger partial charge in [0.1, 0.15) is 0 Å². The Hall–Kier alpha value is -1.18. The van der Waals surface area contributed by atoms with E-state index in [0.29, 0.717) is 0 Å². The van der Waals surface area contributed by atoms with Gasteiger partial charge in [-0.05, 0) is 31.9 Å². The van der Waals surface area contributed by atoms with Crippen molar-refractivity contribution in [3.05, 3.63) is 30.3 Å². The molecule has 0 unspecified atom stereocenters. The normalized spacial score (nSPS) is 19.8. The van der Waals surface area contributed by atoms with E-state index in [1.165, 1.54) is 12.8 Å². The molecule has 0 bridgehead atoms. The van der Waals surface area contributed by atoms with E-state index in [1.807, 2.05) is 30.3 Å². The minimum atomic E-state index is 0.163. The first-order chi connectivity index (χ1) is 5.79. The molecule has 1 aliphatic carbocycles. The largest absolute Gasteiger partial charge is 0.182 e. The Bertz CT molecular complexity index is 286. The predicted molar refractivity (Wildman–Crippen MR) is 48.6 cm³/mol. The molecule has 2 nitrogen and oxygen atoms in total. The molecule has 0 amide bonds. The molecule has 2 heteroatoms. The van der Waals surface area contributed by atoms with Crippen LogP contribution in [0.2, 0.25) is 0 Å². The molecule has 0 aromatic heterocycles. The fourth-order valence-electron chi connectivity index (χ4n) is 0.954. The summed E-state index contributed by atoms with van der Waals surface area (Å²) in [5, 5.41) is 8.43. The summed E-state index contributed by atoms with van der Waals surface area (Å²) < 4.78 is 0. The molecule has 12 heavy (non-hydrogen) atoms. The van der Waals surface area contributed by atoms with Crippen molar-refractivity contribution in [2.45, 2.75) is 25.3 Å². The molecule has 1 aromatic carbocycles. The van der Waals surface area contributed by atoms with Crippen LogP contribution in [0.15, 0.2) is 40.6 Å². The molecular formula is C10H12N2. The monoisotopic (exact) mass is 160 g/mol. The first kappa shape index (κ1) is 7.47. The fourth-order valence-corrected chi connectivity index (χ4v) is 0.954. The van der Waals surface area contributed by atoms with E-state index in [4.69, 9.17) is 0 Å². The highest BCUT2D eigenvalue weighted by Gasteiger charge is 2.37. The van der Waals surface area contributed by atoms with E-state index in [-0.39, 0.29) is 5.54 Å². The van der Waals surface area contributed by atoms with Crippen LogP contribution in [0.4, 0.5) is 5.69 Å².